The number of nitrogens with one attached hydrogen (secondary N) is 3. The Balaban J connectivity index is 2.11. The number of hydrogen-bond donors (Lipinski definition) is 3. The Bertz CT molecular complexity index is 557. The molecule has 4 heteroatoms. The fourth-order valence-electron chi connectivity index (χ4n) is 2.05. The maximum absolute atomic E-state index is 4.63. The van der Waals surface area contributed by atoms with Crippen LogP contribution < -0.4 is 10.6 Å². The van der Waals surface area contributed by atoms with Crippen LogP contribution in [0.5, 0.6) is 0 Å². The normalized spacial score (nSPS) is 12.7. The van der Waals surface area contributed by atoms with Crippen molar-refractivity contribution in [3.8, 4) is 0 Å². The summed E-state index contributed by atoms with van der Waals surface area (Å²) >= 11 is 0. The van der Waals surface area contributed by atoms with Crippen LogP contribution in [0.3, 0.4) is 0 Å². The first-order valence-electron chi connectivity index (χ1n) is 7.11. The topological polar surface area (TPSA) is 52.2 Å². The van der Waals surface area contributed by atoms with E-state index in [4.69, 9.17) is 0 Å². The first-order valence-corrected chi connectivity index (χ1v) is 7.11. The zero-order chi connectivity index (χ0) is 14.6. The fourth-order valence-corrected chi connectivity index (χ4v) is 2.05. The molecule has 108 valence electrons. The average molecular weight is 272 g/mol. The third-order valence-electron chi connectivity index (χ3n) is 2.83. The molecule has 0 unspecified atom stereocenters. The van der Waals surface area contributed by atoms with Crippen LogP contribution in [0.15, 0.2) is 35.3 Å². The van der Waals surface area contributed by atoms with Crippen LogP contribution in [-0.4, -0.2) is 23.0 Å². The average Bonchev–Trinajstić information content (AvgIpc) is 2.77. The molecule has 1 aromatic heterocycles. The van der Waals surface area contributed by atoms with Gasteiger partial charge in [-0.25, -0.2) is 4.99 Å². The van der Waals surface area contributed by atoms with Crippen molar-refractivity contribution in [3.05, 3.63) is 36.0 Å². The number of benzene rings is 1. The molecule has 0 fully saturated rings. The molecule has 1 aromatic carbocycles. The lowest BCUT2D eigenvalue weighted by atomic mass is 10.1. The molecule has 0 radical (unpaired) electrons. The molecule has 2 aromatic rings. The van der Waals surface area contributed by atoms with E-state index < -0.39 is 0 Å². The minimum absolute atomic E-state index is 0.00144. The minimum Gasteiger partial charge on any atom is -0.357 e. The first kappa shape index (κ1) is 14.4. The van der Waals surface area contributed by atoms with Crippen LogP contribution >= 0.6 is 0 Å². The quantitative estimate of drug-likeness (QED) is 0.594. The van der Waals surface area contributed by atoms with Crippen molar-refractivity contribution in [3.63, 3.8) is 0 Å². The van der Waals surface area contributed by atoms with Crippen LogP contribution in [0.4, 0.5) is 0 Å². The molecule has 2 rings (SSSR count). The lowest BCUT2D eigenvalue weighted by Crippen LogP contribution is -2.47. The van der Waals surface area contributed by atoms with Crippen molar-refractivity contribution in [2.24, 2.45) is 4.99 Å². The number of aromatic nitrogens is 1. The van der Waals surface area contributed by atoms with Crippen LogP contribution in [0.25, 0.3) is 10.9 Å². The fraction of sp³-hybridized carbons (Fsp3) is 0.438. The highest BCUT2D eigenvalue weighted by Crippen LogP contribution is 2.15. The van der Waals surface area contributed by atoms with E-state index in [1.165, 1.54) is 5.39 Å². The molecule has 0 bridgehead atoms. The second-order valence-electron chi connectivity index (χ2n) is 5.95. The molecule has 0 amide bonds. The molecule has 0 spiro atoms. The van der Waals surface area contributed by atoms with Crippen molar-refractivity contribution >= 4 is 16.9 Å². The summed E-state index contributed by atoms with van der Waals surface area (Å²) in [7, 11) is 0. The van der Waals surface area contributed by atoms with E-state index in [2.05, 4.69) is 72.6 Å². The van der Waals surface area contributed by atoms with Gasteiger partial charge in [-0.3, -0.25) is 0 Å². The zero-order valence-electron chi connectivity index (χ0n) is 12.7. The van der Waals surface area contributed by atoms with Gasteiger partial charge in [-0.2, -0.15) is 0 Å². The number of aliphatic imine (C=N–C) groups is 1. The maximum atomic E-state index is 4.63. The molecule has 0 aliphatic carbocycles. The summed E-state index contributed by atoms with van der Waals surface area (Å²) in [5.74, 6) is 0.846. The van der Waals surface area contributed by atoms with E-state index in [0.717, 1.165) is 23.7 Å². The standard InChI is InChI=1S/C16H24N4/c1-5-17-15(20-16(2,3)4)18-11-13-10-12-8-6-7-9-14(12)19-13/h6-10,19H,5,11H2,1-4H3,(H2,17,18,20). The molecule has 0 saturated heterocycles. The smallest absolute Gasteiger partial charge is 0.192 e. The van der Waals surface area contributed by atoms with Gasteiger partial charge in [0.2, 0.25) is 0 Å². The summed E-state index contributed by atoms with van der Waals surface area (Å²) < 4.78 is 0. The van der Waals surface area contributed by atoms with Crippen LogP contribution in [0.2, 0.25) is 0 Å². The number of nitrogens with zero attached hydrogens (tertiary/aromatic N) is 1. The van der Waals surface area contributed by atoms with E-state index in [9.17, 15) is 0 Å². The van der Waals surface area contributed by atoms with Crippen molar-refractivity contribution in [1.82, 2.24) is 15.6 Å². The van der Waals surface area contributed by atoms with E-state index >= 15 is 0 Å². The predicted molar refractivity (Wildman–Crippen MR) is 86.0 cm³/mol. The monoisotopic (exact) mass is 272 g/mol. The lowest BCUT2D eigenvalue weighted by molar-refractivity contribution is 0.501. The predicted octanol–water partition coefficient (Wildman–Crippen LogP) is 3.02. The molecular formula is C16H24N4. The van der Waals surface area contributed by atoms with E-state index in [1.807, 2.05) is 6.07 Å². The van der Waals surface area contributed by atoms with Gasteiger partial charge in [0.25, 0.3) is 0 Å². The highest BCUT2D eigenvalue weighted by atomic mass is 15.2. The van der Waals surface area contributed by atoms with Crippen molar-refractivity contribution in [2.45, 2.75) is 39.8 Å². The van der Waals surface area contributed by atoms with E-state index in [1.54, 1.807) is 0 Å². The molecular weight excluding hydrogens is 248 g/mol. The molecule has 0 aliphatic heterocycles. The Morgan fingerprint density at radius 2 is 2.00 bits per heavy atom. The van der Waals surface area contributed by atoms with Crippen molar-refractivity contribution in [1.29, 1.82) is 0 Å². The van der Waals surface area contributed by atoms with Crippen LogP contribution in [0.1, 0.15) is 33.4 Å². The number of H-pyrrole nitrogens is 1. The Labute approximate surface area is 120 Å². The number of hydrogen-bond acceptors (Lipinski definition) is 1. The second-order valence-corrected chi connectivity index (χ2v) is 5.95. The number of para-hydroxylation sites is 1. The molecule has 0 atom stereocenters. The number of aromatic amines is 1. The first-order chi connectivity index (χ1) is 9.48. The Morgan fingerprint density at radius 1 is 1.25 bits per heavy atom. The highest BCUT2D eigenvalue weighted by molar-refractivity contribution is 5.81. The van der Waals surface area contributed by atoms with Crippen LogP contribution in [-0.2, 0) is 6.54 Å². The van der Waals surface area contributed by atoms with Gasteiger partial charge >= 0.3 is 0 Å². The number of fused-ring (bicyclic) bond motifs is 1. The second kappa shape index (κ2) is 5.99. The highest BCUT2D eigenvalue weighted by Gasteiger charge is 2.11. The van der Waals surface area contributed by atoms with E-state index in [-0.39, 0.29) is 5.54 Å². The molecule has 0 saturated carbocycles. The summed E-state index contributed by atoms with van der Waals surface area (Å²) in [5.41, 5.74) is 2.28. The molecule has 4 nitrogen and oxygen atoms in total. The van der Waals surface area contributed by atoms with Gasteiger partial charge in [0, 0.05) is 23.3 Å². The summed E-state index contributed by atoms with van der Waals surface area (Å²) in [6.45, 7) is 9.95. The van der Waals surface area contributed by atoms with Gasteiger partial charge in [0.15, 0.2) is 5.96 Å². The lowest BCUT2D eigenvalue weighted by Gasteiger charge is -2.23. The zero-order valence-corrected chi connectivity index (χ0v) is 12.7. The molecule has 3 N–H and O–H groups in total. The third kappa shape index (κ3) is 4.02. The molecule has 1 heterocycles. The minimum atomic E-state index is 0.00144. The third-order valence-corrected chi connectivity index (χ3v) is 2.83. The van der Waals surface area contributed by atoms with Crippen LogP contribution in [0, 0.1) is 0 Å². The number of guanidine groups is 1. The van der Waals surface area contributed by atoms with Crippen molar-refractivity contribution in [2.75, 3.05) is 6.54 Å². The SMILES string of the molecule is CCNC(=NCc1cc2ccccc2[nH]1)NC(C)(C)C. The summed E-state index contributed by atoms with van der Waals surface area (Å²) in [5, 5.41) is 7.88. The molecule has 0 aliphatic rings. The van der Waals surface area contributed by atoms with Gasteiger partial charge in [-0.15, -0.1) is 0 Å². The van der Waals surface area contributed by atoms with Gasteiger partial charge < -0.3 is 15.6 Å². The summed E-state index contributed by atoms with van der Waals surface area (Å²) in [4.78, 5) is 8.02. The van der Waals surface area contributed by atoms with Crippen molar-refractivity contribution < 1.29 is 0 Å². The summed E-state index contributed by atoms with van der Waals surface area (Å²) in [6, 6.07) is 10.4. The van der Waals surface area contributed by atoms with Gasteiger partial charge in [-0.1, -0.05) is 18.2 Å². The molecule has 20 heavy (non-hydrogen) atoms. The van der Waals surface area contributed by atoms with Gasteiger partial charge in [0.1, 0.15) is 0 Å². The number of rotatable bonds is 3. The Hall–Kier alpha value is -1.97. The van der Waals surface area contributed by atoms with Gasteiger partial charge in [0.05, 0.1) is 6.54 Å². The maximum Gasteiger partial charge on any atom is 0.192 e. The van der Waals surface area contributed by atoms with Gasteiger partial charge in [-0.05, 0) is 45.2 Å². The summed E-state index contributed by atoms with van der Waals surface area (Å²) in [6.07, 6.45) is 0. The van der Waals surface area contributed by atoms with E-state index in [0.29, 0.717) is 6.54 Å². The largest absolute Gasteiger partial charge is 0.357 e. The Morgan fingerprint density at radius 3 is 2.65 bits per heavy atom. The Kier molecular flexibility index (Phi) is 4.32.